The molecule has 0 bridgehead atoms. The number of nitrogens with zero attached hydrogens (tertiary/aromatic N) is 1. The lowest BCUT2D eigenvalue weighted by molar-refractivity contribution is -0.122. The maximum absolute atomic E-state index is 12.5. The zero-order chi connectivity index (χ0) is 18.8. The molecule has 0 saturated carbocycles. The zero-order valence-electron chi connectivity index (χ0n) is 15.3. The maximum Gasteiger partial charge on any atom is 0.308 e. The van der Waals surface area contributed by atoms with Gasteiger partial charge in [-0.2, -0.15) is 0 Å². The van der Waals surface area contributed by atoms with E-state index < -0.39 is 6.10 Å². The highest BCUT2D eigenvalue weighted by Crippen LogP contribution is 2.23. The average Bonchev–Trinajstić information content (AvgIpc) is 2.92. The van der Waals surface area contributed by atoms with Crippen LogP contribution in [0.25, 0.3) is 10.2 Å². The molecule has 1 heterocycles. The largest absolute Gasteiger partial charge is 0.481 e. The second-order valence-corrected chi connectivity index (χ2v) is 7.31. The molecule has 1 N–H and O–H groups in total. The van der Waals surface area contributed by atoms with Gasteiger partial charge in [0.05, 0.1) is 10.2 Å². The Balaban J connectivity index is 1.75. The molecule has 136 valence electrons. The normalized spacial score (nSPS) is 12.2. The Morgan fingerprint density at radius 3 is 2.73 bits per heavy atom. The molecule has 0 saturated heterocycles. The van der Waals surface area contributed by atoms with E-state index in [1.54, 1.807) is 11.5 Å². The zero-order valence-corrected chi connectivity index (χ0v) is 16.1. The van der Waals surface area contributed by atoms with Crippen LogP contribution in [0.15, 0.2) is 41.2 Å². The smallest absolute Gasteiger partial charge is 0.308 e. The number of rotatable bonds is 5. The topological polar surface area (TPSA) is 60.3 Å². The van der Waals surface area contributed by atoms with Gasteiger partial charge in [0.2, 0.25) is 0 Å². The molecule has 0 fully saturated rings. The van der Waals surface area contributed by atoms with Crippen molar-refractivity contribution < 1.29 is 9.53 Å². The molecule has 0 aliphatic rings. The van der Waals surface area contributed by atoms with Crippen molar-refractivity contribution >= 4 is 33.1 Å². The molecule has 3 aromatic rings. The number of amides is 1. The molecular formula is C20H22N2O3S. The first-order valence-corrected chi connectivity index (χ1v) is 9.39. The van der Waals surface area contributed by atoms with Crippen molar-refractivity contribution in [2.45, 2.75) is 40.3 Å². The van der Waals surface area contributed by atoms with Crippen LogP contribution in [0.2, 0.25) is 0 Å². The SMILES string of the molecule is CCn1c(=O)sc2cc(NC(=O)[C@@H](C)Oc3cc(C)ccc3C)ccc21. The number of ether oxygens (including phenoxy) is 1. The van der Waals surface area contributed by atoms with Gasteiger partial charge in [0.15, 0.2) is 6.10 Å². The fraction of sp³-hybridized carbons (Fsp3) is 0.300. The fourth-order valence-electron chi connectivity index (χ4n) is 2.77. The highest BCUT2D eigenvalue weighted by atomic mass is 32.1. The number of aromatic nitrogens is 1. The first-order valence-electron chi connectivity index (χ1n) is 8.57. The summed E-state index contributed by atoms with van der Waals surface area (Å²) in [5, 5.41) is 2.87. The van der Waals surface area contributed by atoms with E-state index in [0.29, 0.717) is 18.0 Å². The summed E-state index contributed by atoms with van der Waals surface area (Å²) in [6.45, 7) is 8.23. The lowest BCUT2D eigenvalue weighted by Gasteiger charge is -2.17. The molecule has 3 rings (SSSR count). The first-order chi connectivity index (χ1) is 12.4. The summed E-state index contributed by atoms with van der Waals surface area (Å²) in [5.41, 5.74) is 3.62. The summed E-state index contributed by atoms with van der Waals surface area (Å²) < 4.78 is 8.40. The average molecular weight is 370 g/mol. The van der Waals surface area contributed by atoms with Gasteiger partial charge >= 0.3 is 4.87 Å². The minimum atomic E-state index is -0.634. The molecule has 26 heavy (non-hydrogen) atoms. The molecule has 0 aliphatic carbocycles. The lowest BCUT2D eigenvalue weighted by atomic mass is 10.1. The summed E-state index contributed by atoms with van der Waals surface area (Å²) in [6, 6.07) is 11.4. The molecule has 1 amide bonds. The maximum atomic E-state index is 12.5. The Hall–Kier alpha value is -2.60. The number of thiazole rings is 1. The van der Waals surface area contributed by atoms with Gasteiger partial charge in [-0.3, -0.25) is 14.2 Å². The highest BCUT2D eigenvalue weighted by molar-refractivity contribution is 7.16. The van der Waals surface area contributed by atoms with Crippen LogP contribution in [-0.4, -0.2) is 16.6 Å². The van der Waals surface area contributed by atoms with Crippen molar-refractivity contribution in [1.29, 1.82) is 0 Å². The molecule has 1 atom stereocenters. The van der Waals surface area contributed by atoms with Crippen molar-refractivity contribution in [2.75, 3.05) is 5.32 Å². The third-order valence-electron chi connectivity index (χ3n) is 4.27. The number of hydrogen-bond donors (Lipinski definition) is 1. The van der Waals surface area contributed by atoms with Crippen LogP contribution in [0, 0.1) is 13.8 Å². The monoisotopic (exact) mass is 370 g/mol. The summed E-state index contributed by atoms with van der Waals surface area (Å²) in [4.78, 5) is 24.4. The molecule has 5 nitrogen and oxygen atoms in total. The van der Waals surface area contributed by atoms with E-state index in [0.717, 1.165) is 21.3 Å². The Kier molecular flexibility index (Phi) is 5.13. The van der Waals surface area contributed by atoms with E-state index in [1.165, 1.54) is 11.3 Å². The van der Waals surface area contributed by atoms with Gasteiger partial charge in [0.25, 0.3) is 5.91 Å². The van der Waals surface area contributed by atoms with Gasteiger partial charge in [0, 0.05) is 12.2 Å². The van der Waals surface area contributed by atoms with Crippen molar-refractivity contribution in [3.05, 3.63) is 57.2 Å². The van der Waals surface area contributed by atoms with E-state index in [-0.39, 0.29) is 10.8 Å². The van der Waals surface area contributed by atoms with Crippen LogP contribution in [0.5, 0.6) is 5.75 Å². The summed E-state index contributed by atoms with van der Waals surface area (Å²) in [6.07, 6.45) is -0.634. The summed E-state index contributed by atoms with van der Waals surface area (Å²) in [7, 11) is 0. The van der Waals surface area contributed by atoms with Crippen molar-refractivity contribution in [3.8, 4) is 5.75 Å². The van der Waals surface area contributed by atoms with E-state index in [4.69, 9.17) is 4.74 Å². The van der Waals surface area contributed by atoms with Crippen molar-refractivity contribution in [1.82, 2.24) is 4.57 Å². The van der Waals surface area contributed by atoms with Crippen LogP contribution < -0.4 is 14.9 Å². The number of anilines is 1. The Morgan fingerprint density at radius 2 is 2.00 bits per heavy atom. The van der Waals surface area contributed by atoms with Gasteiger partial charge in [-0.15, -0.1) is 0 Å². The highest BCUT2D eigenvalue weighted by Gasteiger charge is 2.17. The van der Waals surface area contributed by atoms with Crippen LogP contribution in [0.1, 0.15) is 25.0 Å². The van der Waals surface area contributed by atoms with Gasteiger partial charge in [-0.05, 0) is 63.1 Å². The third-order valence-corrected chi connectivity index (χ3v) is 5.21. The third kappa shape index (κ3) is 3.65. The van der Waals surface area contributed by atoms with Gasteiger partial charge in [-0.1, -0.05) is 23.5 Å². The number of hydrogen-bond acceptors (Lipinski definition) is 4. The predicted octanol–water partition coefficient (Wildman–Crippen LogP) is 4.11. The van der Waals surface area contributed by atoms with E-state index >= 15 is 0 Å². The Bertz CT molecular complexity index is 1020. The molecule has 2 aromatic carbocycles. The minimum Gasteiger partial charge on any atom is -0.481 e. The van der Waals surface area contributed by atoms with E-state index in [1.807, 2.05) is 57.2 Å². The molecule has 1 aromatic heterocycles. The van der Waals surface area contributed by atoms with Gasteiger partial charge in [-0.25, -0.2) is 0 Å². The fourth-order valence-corrected chi connectivity index (χ4v) is 3.76. The molecular weight excluding hydrogens is 348 g/mol. The predicted molar refractivity (Wildman–Crippen MR) is 106 cm³/mol. The van der Waals surface area contributed by atoms with Crippen molar-refractivity contribution in [2.24, 2.45) is 0 Å². The molecule has 0 radical (unpaired) electrons. The molecule has 6 heteroatoms. The number of carbonyl (C=O) groups is 1. The number of benzene rings is 2. The van der Waals surface area contributed by atoms with Crippen LogP contribution in [0.3, 0.4) is 0 Å². The second kappa shape index (κ2) is 7.33. The number of aryl methyl sites for hydroxylation is 3. The van der Waals surface area contributed by atoms with Crippen LogP contribution in [0.4, 0.5) is 5.69 Å². The number of carbonyl (C=O) groups excluding carboxylic acids is 1. The molecule has 0 spiro atoms. The van der Waals surface area contributed by atoms with Crippen LogP contribution >= 0.6 is 11.3 Å². The van der Waals surface area contributed by atoms with Crippen molar-refractivity contribution in [3.63, 3.8) is 0 Å². The summed E-state index contributed by atoms with van der Waals surface area (Å²) >= 11 is 1.18. The minimum absolute atomic E-state index is 0.0117. The summed E-state index contributed by atoms with van der Waals surface area (Å²) in [5.74, 6) is 0.480. The quantitative estimate of drug-likeness (QED) is 0.735. The Morgan fingerprint density at radius 1 is 1.23 bits per heavy atom. The Labute approximate surface area is 156 Å². The number of nitrogens with one attached hydrogen (secondary N) is 1. The lowest BCUT2D eigenvalue weighted by Crippen LogP contribution is -2.30. The second-order valence-electron chi connectivity index (χ2n) is 6.31. The first kappa shape index (κ1) is 18.2. The standard InChI is InChI=1S/C20H22N2O3S/c1-5-22-16-9-8-15(11-18(16)26-20(22)24)21-19(23)14(4)25-17-10-12(2)6-7-13(17)3/h6-11,14H,5H2,1-4H3,(H,21,23)/t14-/m1/s1. The van der Waals surface area contributed by atoms with E-state index in [9.17, 15) is 9.59 Å². The molecule has 0 aliphatic heterocycles. The van der Waals surface area contributed by atoms with Gasteiger partial charge < -0.3 is 10.1 Å². The number of fused-ring (bicyclic) bond motifs is 1. The van der Waals surface area contributed by atoms with E-state index in [2.05, 4.69) is 5.32 Å². The van der Waals surface area contributed by atoms with Gasteiger partial charge in [0.1, 0.15) is 5.75 Å². The van der Waals surface area contributed by atoms with Crippen LogP contribution in [-0.2, 0) is 11.3 Å². The molecule has 0 unspecified atom stereocenters.